The zero-order valence-corrected chi connectivity index (χ0v) is 15.9. The van der Waals surface area contributed by atoms with Crippen molar-refractivity contribution in [2.24, 2.45) is 0 Å². The van der Waals surface area contributed by atoms with Crippen molar-refractivity contribution < 1.29 is 9.53 Å². The number of aromatic nitrogens is 4. The molecule has 0 aliphatic heterocycles. The Hall–Kier alpha value is -2.78. The number of hydrogen-bond donors (Lipinski definition) is 0. The number of nitrogens with zero attached hydrogens (tertiary/aromatic N) is 4. The molecule has 0 aliphatic rings. The molecule has 0 saturated heterocycles. The third-order valence-corrected chi connectivity index (χ3v) is 5.67. The molecule has 4 aromatic heterocycles. The Labute approximate surface area is 162 Å². The molecule has 9 heteroatoms. The quantitative estimate of drug-likeness (QED) is 0.290. The highest BCUT2D eigenvalue weighted by Crippen LogP contribution is 2.27. The van der Waals surface area contributed by atoms with E-state index in [9.17, 15) is 9.59 Å². The molecule has 4 aromatic rings. The molecule has 0 aliphatic carbocycles. The Balaban J connectivity index is 1.42. The van der Waals surface area contributed by atoms with Gasteiger partial charge in [-0.25, -0.2) is 15.0 Å². The summed E-state index contributed by atoms with van der Waals surface area (Å²) < 4.78 is 6.75. The zero-order valence-electron chi connectivity index (χ0n) is 14.3. The molecule has 27 heavy (non-hydrogen) atoms. The van der Waals surface area contributed by atoms with E-state index in [2.05, 4.69) is 15.0 Å². The highest BCUT2D eigenvalue weighted by molar-refractivity contribution is 8.00. The van der Waals surface area contributed by atoms with Crippen LogP contribution in [0.15, 0.2) is 52.0 Å². The minimum atomic E-state index is -0.395. The van der Waals surface area contributed by atoms with E-state index in [0.29, 0.717) is 11.3 Å². The van der Waals surface area contributed by atoms with Gasteiger partial charge >= 0.3 is 5.97 Å². The Morgan fingerprint density at radius 2 is 2.22 bits per heavy atom. The van der Waals surface area contributed by atoms with Gasteiger partial charge in [0.25, 0.3) is 5.56 Å². The smallest absolute Gasteiger partial charge is 0.316 e. The fourth-order valence-electron chi connectivity index (χ4n) is 2.59. The standard InChI is InChI=1S/C18H14N4O3S2/c1-11-3-2-5-22-14(23)7-12(21-16(11)22)8-25-15(24)9-27-18-13-4-6-26-17(13)19-10-20-18/h2-7,10H,8-9H2,1H3. The highest BCUT2D eigenvalue weighted by Gasteiger charge is 2.11. The second kappa shape index (κ2) is 7.45. The maximum absolute atomic E-state index is 12.2. The third-order valence-electron chi connectivity index (χ3n) is 3.87. The van der Waals surface area contributed by atoms with Crippen molar-refractivity contribution in [3.05, 3.63) is 63.8 Å². The van der Waals surface area contributed by atoms with E-state index in [1.54, 1.807) is 12.3 Å². The second-order valence-electron chi connectivity index (χ2n) is 5.74. The third kappa shape index (κ3) is 3.69. The first-order chi connectivity index (χ1) is 13.1. The summed E-state index contributed by atoms with van der Waals surface area (Å²) >= 11 is 2.83. The molecule has 0 bridgehead atoms. The van der Waals surface area contributed by atoms with Crippen LogP contribution in [0.4, 0.5) is 0 Å². The summed E-state index contributed by atoms with van der Waals surface area (Å²) in [5.41, 5.74) is 1.66. The van der Waals surface area contributed by atoms with Crippen molar-refractivity contribution >= 4 is 44.9 Å². The monoisotopic (exact) mass is 398 g/mol. The van der Waals surface area contributed by atoms with Crippen LogP contribution in [0.2, 0.25) is 0 Å². The second-order valence-corrected chi connectivity index (χ2v) is 7.60. The van der Waals surface area contributed by atoms with Crippen molar-refractivity contribution in [2.45, 2.75) is 18.6 Å². The molecule has 7 nitrogen and oxygen atoms in total. The maximum atomic E-state index is 12.2. The van der Waals surface area contributed by atoms with E-state index in [4.69, 9.17) is 4.74 Å². The number of hydrogen-bond acceptors (Lipinski definition) is 8. The van der Waals surface area contributed by atoms with Crippen LogP contribution in [0.3, 0.4) is 0 Å². The predicted molar refractivity (Wildman–Crippen MR) is 104 cm³/mol. The van der Waals surface area contributed by atoms with Crippen molar-refractivity contribution in [3.8, 4) is 0 Å². The lowest BCUT2D eigenvalue weighted by atomic mass is 10.3. The molecule has 0 radical (unpaired) electrons. The average Bonchev–Trinajstić information content (AvgIpc) is 3.15. The van der Waals surface area contributed by atoms with Crippen LogP contribution >= 0.6 is 23.1 Å². The molecule has 0 unspecified atom stereocenters. The number of pyridine rings is 1. The number of aryl methyl sites for hydroxylation is 1. The summed E-state index contributed by atoms with van der Waals surface area (Å²) in [6, 6.07) is 6.98. The van der Waals surface area contributed by atoms with Crippen LogP contribution in [0.25, 0.3) is 15.9 Å². The number of thioether (sulfide) groups is 1. The molecule has 0 aromatic carbocycles. The van der Waals surface area contributed by atoms with E-state index in [1.165, 1.54) is 39.9 Å². The van der Waals surface area contributed by atoms with Gasteiger partial charge in [-0.1, -0.05) is 17.8 Å². The van der Waals surface area contributed by atoms with Gasteiger partial charge in [-0.2, -0.15) is 0 Å². The van der Waals surface area contributed by atoms with E-state index in [0.717, 1.165) is 20.8 Å². The molecular weight excluding hydrogens is 384 g/mol. The summed E-state index contributed by atoms with van der Waals surface area (Å²) in [5, 5.41) is 3.61. The van der Waals surface area contributed by atoms with Crippen molar-refractivity contribution in [1.29, 1.82) is 0 Å². The van der Waals surface area contributed by atoms with Gasteiger partial charge in [-0.05, 0) is 30.0 Å². The lowest BCUT2D eigenvalue weighted by molar-refractivity contribution is -0.141. The number of ether oxygens (including phenoxy) is 1. The highest BCUT2D eigenvalue weighted by atomic mass is 32.2. The van der Waals surface area contributed by atoms with Gasteiger partial charge in [0.15, 0.2) is 0 Å². The van der Waals surface area contributed by atoms with Gasteiger partial charge in [-0.3, -0.25) is 14.0 Å². The van der Waals surface area contributed by atoms with E-state index in [1.807, 2.05) is 24.4 Å². The van der Waals surface area contributed by atoms with Crippen LogP contribution in [0.1, 0.15) is 11.3 Å². The van der Waals surface area contributed by atoms with Crippen molar-refractivity contribution in [3.63, 3.8) is 0 Å². The average molecular weight is 398 g/mol. The first-order valence-electron chi connectivity index (χ1n) is 8.06. The number of thiophene rings is 1. The first kappa shape index (κ1) is 17.6. The van der Waals surface area contributed by atoms with Crippen molar-refractivity contribution in [1.82, 2.24) is 19.4 Å². The molecule has 0 saturated carbocycles. The Kier molecular flexibility index (Phi) is 4.87. The number of carbonyl (C=O) groups excluding carboxylic acids is 1. The molecule has 0 N–H and O–H groups in total. The fourth-order valence-corrected chi connectivity index (χ4v) is 4.17. The summed E-state index contributed by atoms with van der Waals surface area (Å²) in [6.45, 7) is 1.83. The SMILES string of the molecule is Cc1cccn2c(=O)cc(COC(=O)CSc3ncnc4sccc34)nc12. The Morgan fingerprint density at radius 3 is 3.11 bits per heavy atom. The van der Waals surface area contributed by atoms with Gasteiger partial charge in [0, 0.05) is 17.6 Å². The molecule has 4 rings (SSSR count). The molecule has 136 valence electrons. The summed E-state index contributed by atoms with van der Waals surface area (Å²) in [7, 11) is 0. The zero-order chi connectivity index (χ0) is 18.8. The summed E-state index contributed by atoms with van der Waals surface area (Å²) in [6.07, 6.45) is 3.15. The maximum Gasteiger partial charge on any atom is 0.316 e. The number of carbonyl (C=O) groups is 1. The van der Waals surface area contributed by atoms with Gasteiger partial charge in [0.1, 0.15) is 28.4 Å². The van der Waals surface area contributed by atoms with Gasteiger partial charge in [0.2, 0.25) is 0 Å². The largest absolute Gasteiger partial charge is 0.459 e. The van der Waals surface area contributed by atoms with Crippen LogP contribution < -0.4 is 5.56 Å². The van der Waals surface area contributed by atoms with E-state index >= 15 is 0 Å². The lowest BCUT2D eigenvalue weighted by Crippen LogP contribution is -2.17. The van der Waals surface area contributed by atoms with E-state index in [-0.39, 0.29) is 17.9 Å². The minimum absolute atomic E-state index is 0.0445. The summed E-state index contributed by atoms with van der Waals surface area (Å²) in [4.78, 5) is 38.0. The molecule has 0 atom stereocenters. The molecule has 4 heterocycles. The lowest BCUT2D eigenvalue weighted by Gasteiger charge is -2.07. The van der Waals surface area contributed by atoms with Crippen LogP contribution in [0.5, 0.6) is 0 Å². The van der Waals surface area contributed by atoms with Crippen LogP contribution in [-0.4, -0.2) is 31.1 Å². The van der Waals surface area contributed by atoms with Crippen LogP contribution in [-0.2, 0) is 16.1 Å². The topological polar surface area (TPSA) is 86.5 Å². The first-order valence-corrected chi connectivity index (χ1v) is 9.93. The molecular formula is C18H14N4O3S2. The van der Waals surface area contributed by atoms with Crippen molar-refractivity contribution in [2.75, 3.05) is 5.75 Å². The van der Waals surface area contributed by atoms with Crippen LogP contribution in [0, 0.1) is 6.92 Å². The van der Waals surface area contributed by atoms with E-state index < -0.39 is 5.97 Å². The normalized spacial score (nSPS) is 11.1. The Bertz CT molecular complexity index is 1200. The van der Waals surface area contributed by atoms with Gasteiger partial charge < -0.3 is 4.74 Å². The molecule has 0 fully saturated rings. The fraction of sp³-hybridized carbons (Fsp3) is 0.167. The Morgan fingerprint density at radius 1 is 1.33 bits per heavy atom. The number of fused-ring (bicyclic) bond motifs is 2. The predicted octanol–water partition coefficient (Wildman–Crippen LogP) is 2.84. The van der Waals surface area contributed by atoms with Gasteiger partial charge in [-0.15, -0.1) is 11.3 Å². The minimum Gasteiger partial charge on any atom is -0.459 e. The summed E-state index contributed by atoms with van der Waals surface area (Å²) in [5.74, 6) is -0.276. The number of esters is 1. The number of rotatable bonds is 5. The van der Waals surface area contributed by atoms with Gasteiger partial charge in [0.05, 0.1) is 11.4 Å². The molecule has 0 spiro atoms. The molecule has 0 amide bonds.